The number of fused-ring (bicyclic) bond motifs is 5. The highest BCUT2D eigenvalue weighted by molar-refractivity contribution is 7.71. The van der Waals surface area contributed by atoms with E-state index in [1.54, 1.807) is 13.3 Å². The molecule has 5 unspecified atom stereocenters. The summed E-state index contributed by atoms with van der Waals surface area (Å²) in [6.45, 7) is 0.730. The van der Waals surface area contributed by atoms with E-state index in [2.05, 4.69) is 19.9 Å². The van der Waals surface area contributed by atoms with Gasteiger partial charge in [-0.25, -0.2) is 14.3 Å². The number of nitrogens with zero attached hydrogens (tertiary/aromatic N) is 4. The molecule has 19 heteroatoms. The summed E-state index contributed by atoms with van der Waals surface area (Å²) in [6.07, 6.45) is -2.41. The second-order valence-electron chi connectivity index (χ2n) is 9.68. The number of nitrogen functional groups attached to an aromatic ring is 1. The number of aromatic amines is 2. The Morgan fingerprint density at radius 1 is 1.33 bits per heavy atom. The van der Waals surface area contributed by atoms with Gasteiger partial charge in [-0.15, -0.1) is 0 Å². The van der Waals surface area contributed by atoms with E-state index in [9.17, 15) is 24.5 Å². The van der Waals surface area contributed by atoms with E-state index in [1.165, 1.54) is 10.8 Å². The number of aliphatic imine (C=N–C) groups is 1. The predicted molar refractivity (Wildman–Crippen MR) is 139 cm³/mol. The van der Waals surface area contributed by atoms with Crippen molar-refractivity contribution in [2.45, 2.75) is 56.3 Å². The highest BCUT2D eigenvalue weighted by Crippen LogP contribution is 2.57. The van der Waals surface area contributed by atoms with Crippen LogP contribution < -0.4 is 15.9 Å². The number of nitrogens with one attached hydrogen (secondary N) is 2. The van der Waals surface area contributed by atoms with Crippen molar-refractivity contribution in [2.24, 2.45) is 4.99 Å². The zero-order valence-electron chi connectivity index (χ0n) is 20.2. The number of aromatic nitrogens is 4. The zero-order chi connectivity index (χ0) is 27.9. The number of hydrogen-bond acceptors (Lipinski definition) is 13. The highest BCUT2D eigenvalue weighted by atomic mass is 32.1. The lowest BCUT2D eigenvalue weighted by molar-refractivity contribution is -0.0578. The van der Waals surface area contributed by atoms with Crippen LogP contribution in [0.1, 0.15) is 18.2 Å². The first-order valence-corrected chi connectivity index (χ1v) is 14.2. The summed E-state index contributed by atoms with van der Waals surface area (Å²) in [5.41, 5.74) is 6.33. The number of aryl methyl sites for hydroxylation is 1. The van der Waals surface area contributed by atoms with Crippen molar-refractivity contribution in [1.82, 2.24) is 24.0 Å². The summed E-state index contributed by atoms with van der Waals surface area (Å²) < 4.78 is 36.6. The molecule has 0 aliphatic carbocycles. The Labute approximate surface area is 229 Å². The van der Waals surface area contributed by atoms with Gasteiger partial charge in [0.2, 0.25) is 17.8 Å². The third-order valence-electron chi connectivity index (χ3n) is 7.31. The number of aliphatic hydroxyl groups excluding tert-OH is 2. The smallest absolute Gasteiger partial charge is 0.394 e. The van der Waals surface area contributed by atoms with Crippen molar-refractivity contribution in [2.75, 3.05) is 18.9 Å². The number of phosphoric acid groups is 1. The highest BCUT2D eigenvalue weighted by Gasteiger charge is 2.80. The maximum Gasteiger partial charge on any atom is 0.472 e. The molecule has 0 amide bonds. The third kappa shape index (κ3) is 4.36. The van der Waals surface area contributed by atoms with Gasteiger partial charge in [-0.1, -0.05) is 24.4 Å². The van der Waals surface area contributed by atoms with Crippen molar-refractivity contribution in [3.8, 4) is 0 Å². The van der Waals surface area contributed by atoms with Gasteiger partial charge in [-0.3, -0.25) is 23.6 Å². The average molecular weight is 603 g/mol. The molecule has 2 aromatic rings. The zero-order valence-corrected chi connectivity index (χ0v) is 22.8. The molecule has 6 heterocycles. The first-order chi connectivity index (χ1) is 18.4. The van der Waals surface area contributed by atoms with Crippen molar-refractivity contribution < 1.29 is 38.2 Å². The first-order valence-electron chi connectivity index (χ1n) is 11.9. The molecule has 3 fully saturated rings. The number of aliphatic hydroxyl groups is 2. The molecule has 1 spiro atoms. The van der Waals surface area contributed by atoms with Crippen LogP contribution in [0.25, 0.3) is 0 Å². The largest absolute Gasteiger partial charge is 0.472 e. The number of ether oxygens (including phenoxy) is 2. The van der Waals surface area contributed by atoms with Crippen LogP contribution in [-0.2, 0) is 23.1 Å². The van der Waals surface area contributed by atoms with Crippen LogP contribution in [0.15, 0.2) is 16.0 Å². The Hall–Kier alpha value is -2.22. The summed E-state index contributed by atoms with van der Waals surface area (Å²) >= 11 is 10.3. The van der Waals surface area contributed by atoms with Crippen molar-refractivity contribution in [1.29, 1.82) is 0 Å². The molecule has 16 nitrogen and oxygen atoms in total. The Kier molecular flexibility index (Phi) is 6.52. The second-order valence-corrected chi connectivity index (χ2v) is 11.9. The van der Waals surface area contributed by atoms with Crippen molar-refractivity contribution >= 4 is 56.1 Å². The fraction of sp³-hybridized carbons (Fsp3) is 0.550. The Balaban J connectivity index is 1.09. The van der Waals surface area contributed by atoms with Gasteiger partial charge in [0, 0.05) is 18.2 Å². The molecule has 0 bridgehead atoms. The fourth-order valence-corrected chi connectivity index (χ4v) is 6.73. The van der Waals surface area contributed by atoms with Gasteiger partial charge in [0.1, 0.15) is 35.3 Å². The normalized spacial score (nSPS) is 35.7. The molecular weight excluding hydrogens is 577 g/mol. The monoisotopic (exact) mass is 602 g/mol. The number of H-pyrrole nitrogens is 2. The van der Waals surface area contributed by atoms with Crippen LogP contribution in [0.4, 0.5) is 17.5 Å². The van der Waals surface area contributed by atoms with Gasteiger partial charge >= 0.3 is 13.5 Å². The standard InChI is InChI=1S/C20H24N7O9PS2/c1-7-3-26(20(30)25-16(7)38)11-2-8(9(4-28)34-11)36-37(31,32)33-5-10-14(29)13-18(35-10)27(13)6-22-12-15(27)23-19(21)24-17(12)39/h3,6,8-11,13-14,18,28-29H,2,4-5H2,1H3,(H4-,21,23,24,25,30,31,32,38,39)/p+1/t8?,9-,10-,11-,13?,14?,18?,27-/m1/s1. The molecule has 0 radical (unpaired) electrons. The molecule has 210 valence electrons. The summed E-state index contributed by atoms with van der Waals surface area (Å²) in [5, 5.41) is 20.6. The van der Waals surface area contributed by atoms with Crippen LogP contribution in [0.3, 0.4) is 0 Å². The lowest BCUT2D eigenvalue weighted by Gasteiger charge is -2.24. The lowest BCUT2D eigenvalue weighted by atomic mass is 10.2. The number of anilines is 1. The summed E-state index contributed by atoms with van der Waals surface area (Å²) in [7, 11) is -4.69. The molecule has 39 heavy (non-hydrogen) atoms. The molecule has 7 N–H and O–H groups in total. The lowest BCUT2D eigenvalue weighted by Crippen LogP contribution is -2.44. The van der Waals surface area contributed by atoms with E-state index >= 15 is 0 Å². The molecule has 9 atom stereocenters. The molecule has 4 aliphatic rings. The van der Waals surface area contributed by atoms with E-state index in [0.717, 1.165) is 0 Å². The molecule has 4 aliphatic heterocycles. The summed E-state index contributed by atoms with van der Waals surface area (Å²) in [6, 6.07) is -0.460. The minimum atomic E-state index is -4.69. The number of phosphoric ester groups is 1. The maximum atomic E-state index is 12.8. The van der Waals surface area contributed by atoms with Crippen LogP contribution in [0, 0.1) is 16.2 Å². The van der Waals surface area contributed by atoms with Crippen molar-refractivity contribution in [3.05, 3.63) is 31.5 Å². The molecule has 3 saturated heterocycles. The topological polar surface area (TPSA) is 220 Å². The van der Waals surface area contributed by atoms with E-state index in [4.69, 9.17) is 48.7 Å². The van der Waals surface area contributed by atoms with E-state index in [-0.39, 0.29) is 26.1 Å². The van der Waals surface area contributed by atoms with Gasteiger partial charge in [0.05, 0.1) is 13.2 Å². The Morgan fingerprint density at radius 3 is 2.79 bits per heavy atom. The SMILES string of the molecule is Cc1cn([C@H]2CC(OP(=O)(O)OC[C@H]3OC4C(C3O)[N@@+]43C=Nc4c3[nH]c(N)nc4=S)[C@@H](CO)O2)c(=O)[nH]c1=S. The average Bonchev–Trinajstić information content (AvgIpc) is 3.14. The van der Waals surface area contributed by atoms with Crippen LogP contribution in [0.2, 0.25) is 0 Å². The summed E-state index contributed by atoms with van der Waals surface area (Å²) in [4.78, 5) is 36.5. The Bertz CT molecular complexity index is 1600. The predicted octanol–water partition coefficient (Wildman–Crippen LogP) is 0.180. The van der Waals surface area contributed by atoms with Crippen LogP contribution in [0.5, 0.6) is 0 Å². The van der Waals surface area contributed by atoms with Crippen molar-refractivity contribution in [3.63, 3.8) is 0 Å². The summed E-state index contributed by atoms with van der Waals surface area (Å²) in [5.74, 6) is 0.659. The van der Waals surface area contributed by atoms with Gasteiger partial charge in [-0.05, 0) is 6.92 Å². The fourth-order valence-electron chi connectivity index (χ4n) is 5.38. The van der Waals surface area contributed by atoms with E-state index < -0.39 is 69.6 Å². The molecule has 2 aromatic heterocycles. The van der Waals surface area contributed by atoms with Crippen LogP contribution >= 0.6 is 32.3 Å². The second kappa shape index (κ2) is 9.42. The van der Waals surface area contributed by atoms with Gasteiger partial charge < -0.3 is 30.3 Å². The number of rotatable bonds is 7. The molecule has 6 rings (SSSR count). The number of hydrogen-bond donors (Lipinski definition) is 6. The Morgan fingerprint density at radius 2 is 2.10 bits per heavy atom. The van der Waals surface area contributed by atoms with E-state index in [0.29, 0.717) is 17.1 Å². The number of quaternary nitrogens is 1. The van der Waals surface area contributed by atoms with Crippen LogP contribution in [-0.4, -0.2) is 90.9 Å². The third-order valence-corrected chi connectivity index (χ3v) is 9.03. The van der Waals surface area contributed by atoms with Gasteiger partial charge in [0.25, 0.3) is 6.23 Å². The molecular formula is C20H25N7O9PS2+. The van der Waals surface area contributed by atoms with Gasteiger partial charge in [-0.2, -0.15) is 9.48 Å². The first kappa shape index (κ1) is 27.0. The quantitative estimate of drug-likeness (QED) is 0.108. The minimum absolute atomic E-state index is 0.0200. The molecule has 0 saturated carbocycles. The maximum absolute atomic E-state index is 12.8. The van der Waals surface area contributed by atoms with E-state index in [1.807, 2.05) is 0 Å². The van der Waals surface area contributed by atoms with Gasteiger partial charge in [0.15, 0.2) is 16.7 Å². The minimum Gasteiger partial charge on any atom is -0.394 e. The molecule has 0 aromatic carbocycles. The number of nitrogens with two attached hydrogens (primary N) is 1.